The molecule has 0 aliphatic rings. The largest absolute Gasteiger partial charge is 0.416 e. The predicted molar refractivity (Wildman–Crippen MR) is 87.0 cm³/mol. The number of nitrogens with one attached hydrogen (secondary N) is 1. The number of aromatic nitrogens is 1. The lowest BCUT2D eigenvalue weighted by Crippen LogP contribution is -2.09. The number of benzene rings is 2. The van der Waals surface area contributed by atoms with Crippen LogP contribution < -0.4 is 0 Å². The molecule has 0 bridgehead atoms. The molecule has 124 valence electrons. The summed E-state index contributed by atoms with van der Waals surface area (Å²) in [6.45, 7) is 0. The lowest BCUT2D eigenvalue weighted by Gasteiger charge is -2.12. The molecule has 24 heavy (non-hydrogen) atoms. The molecule has 0 spiro atoms. The van der Waals surface area contributed by atoms with Gasteiger partial charge >= 0.3 is 6.18 Å². The van der Waals surface area contributed by atoms with Gasteiger partial charge in [0.25, 0.3) is 0 Å². The van der Waals surface area contributed by atoms with Crippen LogP contribution in [0.5, 0.6) is 0 Å². The summed E-state index contributed by atoms with van der Waals surface area (Å²) in [5.74, 6) is -0.0584. The molecule has 0 aliphatic carbocycles. The van der Waals surface area contributed by atoms with E-state index < -0.39 is 11.7 Å². The summed E-state index contributed by atoms with van der Waals surface area (Å²) in [7, 11) is 0. The monoisotopic (exact) mass is 331 g/mol. The maximum atomic E-state index is 13.0. The van der Waals surface area contributed by atoms with Crippen LogP contribution in [0.15, 0.2) is 54.7 Å². The number of hydrogen-bond acceptors (Lipinski definition) is 1. The van der Waals surface area contributed by atoms with Gasteiger partial charge in [0.15, 0.2) is 5.78 Å². The Bertz CT molecular complexity index is 864. The first-order valence-electron chi connectivity index (χ1n) is 7.71. The Morgan fingerprint density at radius 2 is 1.71 bits per heavy atom. The summed E-state index contributed by atoms with van der Waals surface area (Å²) in [5, 5.41) is 0.846. The molecule has 5 heteroatoms. The molecule has 0 amide bonds. The molecule has 0 fully saturated rings. The van der Waals surface area contributed by atoms with Crippen LogP contribution in [0.25, 0.3) is 10.9 Å². The number of H-pyrrole nitrogens is 1. The fourth-order valence-corrected chi connectivity index (χ4v) is 2.89. The molecule has 2 aromatic carbocycles. The molecular formula is C19H16F3NO. The maximum absolute atomic E-state index is 13.0. The Balaban J connectivity index is 1.68. The minimum Gasteiger partial charge on any atom is -0.360 e. The smallest absolute Gasteiger partial charge is 0.360 e. The number of aryl methyl sites for hydroxylation is 1. The van der Waals surface area contributed by atoms with E-state index in [0.717, 1.165) is 17.0 Å². The Morgan fingerprint density at radius 1 is 1.00 bits per heavy atom. The molecule has 0 atom stereocenters. The van der Waals surface area contributed by atoms with Gasteiger partial charge in [-0.05, 0) is 30.5 Å². The zero-order valence-corrected chi connectivity index (χ0v) is 12.9. The number of aromatic amines is 1. The van der Waals surface area contributed by atoms with Crippen LogP contribution in [0.3, 0.4) is 0 Å². The van der Waals surface area contributed by atoms with Crippen molar-refractivity contribution in [2.45, 2.75) is 25.4 Å². The molecule has 0 saturated heterocycles. The highest BCUT2D eigenvalue weighted by molar-refractivity contribution is 6.07. The third-order valence-corrected chi connectivity index (χ3v) is 4.06. The average Bonchev–Trinajstić information content (AvgIpc) is 2.98. The van der Waals surface area contributed by atoms with E-state index in [0.29, 0.717) is 12.0 Å². The summed E-state index contributed by atoms with van der Waals surface area (Å²) in [6.07, 6.45) is -1.88. The molecule has 2 nitrogen and oxygen atoms in total. The van der Waals surface area contributed by atoms with E-state index in [1.807, 2.05) is 24.3 Å². The van der Waals surface area contributed by atoms with Crippen molar-refractivity contribution >= 4 is 16.7 Å². The number of carbonyl (C=O) groups excluding carboxylic acids is 1. The second kappa shape index (κ2) is 6.51. The van der Waals surface area contributed by atoms with Crippen LogP contribution in [-0.4, -0.2) is 10.8 Å². The molecule has 3 rings (SSSR count). The highest BCUT2D eigenvalue weighted by Gasteiger charge is 2.32. The van der Waals surface area contributed by atoms with Crippen LogP contribution in [-0.2, 0) is 12.6 Å². The number of carbonyl (C=O) groups is 1. The molecule has 1 heterocycles. The third kappa shape index (κ3) is 3.35. The fraction of sp³-hybridized carbons (Fsp3) is 0.211. The molecule has 1 N–H and O–H groups in total. The summed E-state index contributed by atoms with van der Waals surface area (Å²) in [6, 6.07) is 13.0. The first-order valence-corrected chi connectivity index (χ1v) is 7.71. The first kappa shape index (κ1) is 16.3. The van der Waals surface area contributed by atoms with Crippen LogP contribution >= 0.6 is 0 Å². The molecule has 3 aromatic rings. The molecule has 1 aromatic heterocycles. The van der Waals surface area contributed by atoms with Crippen LogP contribution in [0, 0.1) is 0 Å². The van der Waals surface area contributed by atoms with E-state index in [-0.39, 0.29) is 24.2 Å². The highest BCUT2D eigenvalue weighted by Crippen LogP contribution is 2.32. The van der Waals surface area contributed by atoms with E-state index in [9.17, 15) is 18.0 Å². The van der Waals surface area contributed by atoms with E-state index in [1.165, 1.54) is 12.1 Å². The molecular weight excluding hydrogens is 315 g/mol. The van der Waals surface area contributed by atoms with Crippen molar-refractivity contribution in [3.8, 4) is 0 Å². The topological polar surface area (TPSA) is 32.9 Å². The minimum absolute atomic E-state index is 0.0584. The van der Waals surface area contributed by atoms with Crippen LogP contribution in [0.1, 0.15) is 34.3 Å². The lowest BCUT2D eigenvalue weighted by molar-refractivity contribution is -0.138. The van der Waals surface area contributed by atoms with Crippen molar-refractivity contribution in [2.24, 2.45) is 0 Å². The SMILES string of the molecule is O=C(CCCc1ccccc1C(F)(F)F)c1c[nH]c2ccccc12. The van der Waals surface area contributed by atoms with Crippen molar-refractivity contribution in [1.29, 1.82) is 0 Å². The Hall–Kier alpha value is -2.56. The van der Waals surface area contributed by atoms with Crippen molar-refractivity contribution in [2.75, 3.05) is 0 Å². The maximum Gasteiger partial charge on any atom is 0.416 e. The zero-order valence-electron chi connectivity index (χ0n) is 12.9. The fourth-order valence-electron chi connectivity index (χ4n) is 2.89. The number of rotatable bonds is 5. The Morgan fingerprint density at radius 3 is 2.50 bits per heavy atom. The second-order valence-corrected chi connectivity index (χ2v) is 5.68. The third-order valence-electron chi connectivity index (χ3n) is 4.06. The van der Waals surface area contributed by atoms with Gasteiger partial charge in [0, 0.05) is 29.1 Å². The molecule has 0 aliphatic heterocycles. The van der Waals surface area contributed by atoms with Crippen molar-refractivity contribution in [1.82, 2.24) is 4.98 Å². The number of fused-ring (bicyclic) bond motifs is 1. The highest BCUT2D eigenvalue weighted by atomic mass is 19.4. The molecule has 0 radical (unpaired) electrons. The average molecular weight is 331 g/mol. The van der Waals surface area contributed by atoms with Gasteiger partial charge in [-0.25, -0.2) is 0 Å². The van der Waals surface area contributed by atoms with Crippen LogP contribution in [0.2, 0.25) is 0 Å². The number of para-hydroxylation sites is 1. The van der Waals surface area contributed by atoms with Gasteiger partial charge in [0.05, 0.1) is 5.56 Å². The van der Waals surface area contributed by atoms with E-state index in [2.05, 4.69) is 4.98 Å². The lowest BCUT2D eigenvalue weighted by atomic mass is 9.99. The summed E-state index contributed by atoms with van der Waals surface area (Å²) in [4.78, 5) is 15.4. The standard InChI is InChI=1S/C19H16F3NO/c20-19(21,22)16-9-3-1-6-13(16)7-5-11-18(24)15-12-23-17-10-4-2-8-14(15)17/h1-4,6,8-10,12,23H,5,7,11H2. The van der Waals surface area contributed by atoms with Gasteiger partial charge in [-0.3, -0.25) is 4.79 Å². The molecule has 0 saturated carbocycles. The number of ketones is 1. The van der Waals surface area contributed by atoms with E-state index in [4.69, 9.17) is 0 Å². The van der Waals surface area contributed by atoms with Gasteiger partial charge in [0.2, 0.25) is 0 Å². The summed E-state index contributed by atoms with van der Waals surface area (Å²) >= 11 is 0. The number of alkyl halides is 3. The minimum atomic E-state index is -4.36. The second-order valence-electron chi connectivity index (χ2n) is 5.68. The Kier molecular flexibility index (Phi) is 4.42. The van der Waals surface area contributed by atoms with E-state index >= 15 is 0 Å². The van der Waals surface area contributed by atoms with Gasteiger partial charge in [-0.2, -0.15) is 13.2 Å². The van der Waals surface area contributed by atoms with Gasteiger partial charge in [-0.1, -0.05) is 36.4 Å². The number of Topliss-reactive ketones (excluding diaryl/α,β-unsaturated/α-hetero) is 1. The predicted octanol–water partition coefficient (Wildman–Crippen LogP) is 5.39. The Labute approximate surface area is 137 Å². The zero-order chi connectivity index (χ0) is 17.2. The normalized spacial score (nSPS) is 11.8. The number of halogens is 3. The van der Waals surface area contributed by atoms with Crippen molar-refractivity contribution in [3.05, 3.63) is 71.4 Å². The summed E-state index contributed by atoms with van der Waals surface area (Å²) < 4.78 is 38.9. The van der Waals surface area contributed by atoms with Crippen molar-refractivity contribution in [3.63, 3.8) is 0 Å². The van der Waals surface area contributed by atoms with Crippen molar-refractivity contribution < 1.29 is 18.0 Å². The van der Waals surface area contributed by atoms with Gasteiger partial charge < -0.3 is 4.98 Å². The van der Waals surface area contributed by atoms with E-state index in [1.54, 1.807) is 12.3 Å². The summed E-state index contributed by atoms with van der Waals surface area (Å²) in [5.41, 5.74) is 1.08. The number of hydrogen-bond donors (Lipinski definition) is 1. The van der Waals surface area contributed by atoms with Crippen LogP contribution in [0.4, 0.5) is 13.2 Å². The van der Waals surface area contributed by atoms with Gasteiger partial charge in [-0.15, -0.1) is 0 Å². The van der Waals surface area contributed by atoms with Gasteiger partial charge in [0.1, 0.15) is 0 Å². The quantitative estimate of drug-likeness (QED) is 0.625. The first-order chi connectivity index (χ1) is 11.5. The molecule has 0 unspecified atom stereocenters.